The zero-order chi connectivity index (χ0) is 15.1. The lowest BCUT2D eigenvalue weighted by atomic mass is 10.1. The van der Waals surface area contributed by atoms with Crippen LogP contribution in [0, 0.1) is 5.92 Å². The predicted molar refractivity (Wildman–Crippen MR) is 104 cm³/mol. The largest absolute Gasteiger partial charge is 0.356 e. The van der Waals surface area contributed by atoms with Crippen LogP contribution in [0.15, 0.2) is 29.4 Å². The van der Waals surface area contributed by atoms with Crippen molar-refractivity contribution in [3.8, 4) is 0 Å². The van der Waals surface area contributed by atoms with Gasteiger partial charge in [0.15, 0.2) is 5.96 Å². The summed E-state index contributed by atoms with van der Waals surface area (Å²) in [6, 6.07) is 6.08. The summed E-state index contributed by atoms with van der Waals surface area (Å²) in [5.41, 5.74) is 0. The molecule has 0 saturated carbocycles. The highest BCUT2D eigenvalue weighted by atomic mass is 127. The van der Waals surface area contributed by atoms with E-state index in [2.05, 4.69) is 45.0 Å². The van der Waals surface area contributed by atoms with E-state index in [-0.39, 0.29) is 24.0 Å². The SMILES string of the molecule is CN=C(NCCC(C)C)N1CCN(c2ccccn2)CC1.I. The minimum Gasteiger partial charge on any atom is -0.356 e. The van der Waals surface area contributed by atoms with Gasteiger partial charge in [0.25, 0.3) is 0 Å². The monoisotopic (exact) mass is 417 g/mol. The first-order valence-electron chi connectivity index (χ1n) is 7.82. The highest BCUT2D eigenvalue weighted by Crippen LogP contribution is 2.12. The van der Waals surface area contributed by atoms with Gasteiger partial charge in [-0.1, -0.05) is 19.9 Å². The van der Waals surface area contributed by atoms with Crippen molar-refractivity contribution in [2.45, 2.75) is 20.3 Å². The second-order valence-electron chi connectivity index (χ2n) is 5.82. The lowest BCUT2D eigenvalue weighted by molar-refractivity contribution is 0.370. The summed E-state index contributed by atoms with van der Waals surface area (Å²) in [5.74, 6) is 2.81. The van der Waals surface area contributed by atoms with E-state index in [0.29, 0.717) is 0 Å². The van der Waals surface area contributed by atoms with E-state index in [0.717, 1.165) is 50.4 Å². The van der Waals surface area contributed by atoms with Crippen LogP contribution in [0.5, 0.6) is 0 Å². The van der Waals surface area contributed by atoms with Gasteiger partial charge in [-0.15, -0.1) is 24.0 Å². The van der Waals surface area contributed by atoms with Crippen LogP contribution in [0.2, 0.25) is 0 Å². The number of nitrogens with zero attached hydrogens (tertiary/aromatic N) is 4. The average Bonchev–Trinajstić information content (AvgIpc) is 2.52. The van der Waals surface area contributed by atoms with Crippen molar-refractivity contribution in [1.29, 1.82) is 0 Å². The Hall–Kier alpha value is -1.05. The van der Waals surface area contributed by atoms with Crippen LogP contribution in [0.25, 0.3) is 0 Å². The van der Waals surface area contributed by atoms with E-state index in [1.165, 1.54) is 6.42 Å². The second-order valence-corrected chi connectivity index (χ2v) is 5.82. The molecule has 0 aromatic carbocycles. The molecule has 0 amide bonds. The number of hydrogen-bond acceptors (Lipinski definition) is 3. The molecule has 1 aliphatic rings. The number of piperazine rings is 1. The first-order valence-corrected chi connectivity index (χ1v) is 7.82. The summed E-state index contributed by atoms with van der Waals surface area (Å²) in [7, 11) is 1.86. The van der Waals surface area contributed by atoms with E-state index >= 15 is 0 Å². The van der Waals surface area contributed by atoms with Gasteiger partial charge in [-0.25, -0.2) is 4.98 Å². The highest BCUT2D eigenvalue weighted by molar-refractivity contribution is 14.0. The molecule has 0 atom stereocenters. The Morgan fingerprint density at radius 1 is 1.27 bits per heavy atom. The van der Waals surface area contributed by atoms with Gasteiger partial charge in [-0.05, 0) is 24.5 Å². The molecule has 1 fully saturated rings. The third-order valence-electron chi connectivity index (χ3n) is 3.77. The summed E-state index contributed by atoms with van der Waals surface area (Å²) in [6.45, 7) is 9.43. The molecule has 1 saturated heterocycles. The molecule has 1 aromatic rings. The van der Waals surface area contributed by atoms with Crippen molar-refractivity contribution < 1.29 is 0 Å². The molecule has 0 unspecified atom stereocenters. The number of aromatic nitrogens is 1. The predicted octanol–water partition coefficient (Wildman–Crippen LogP) is 2.44. The van der Waals surface area contributed by atoms with Crippen molar-refractivity contribution in [1.82, 2.24) is 15.2 Å². The van der Waals surface area contributed by atoms with E-state index in [1.54, 1.807) is 0 Å². The molecule has 2 heterocycles. The number of rotatable bonds is 4. The normalized spacial score (nSPS) is 15.7. The van der Waals surface area contributed by atoms with Crippen LogP contribution < -0.4 is 10.2 Å². The molecule has 0 aliphatic carbocycles. The van der Waals surface area contributed by atoms with E-state index < -0.39 is 0 Å². The first-order chi connectivity index (χ1) is 10.2. The number of hydrogen-bond donors (Lipinski definition) is 1. The minimum absolute atomic E-state index is 0. The van der Waals surface area contributed by atoms with Crippen molar-refractivity contribution in [2.75, 3.05) is 44.7 Å². The molecule has 5 nitrogen and oxygen atoms in total. The van der Waals surface area contributed by atoms with Crippen molar-refractivity contribution in [3.05, 3.63) is 24.4 Å². The maximum atomic E-state index is 4.42. The Morgan fingerprint density at radius 3 is 2.55 bits per heavy atom. The van der Waals surface area contributed by atoms with Crippen LogP contribution >= 0.6 is 24.0 Å². The fraction of sp³-hybridized carbons (Fsp3) is 0.625. The minimum atomic E-state index is 0. The molecular formula is C16H28IN5. The fourth-order valence-corrected chi connectivity index (χ4v) is 2.49. The summed E-state index contributed by atoms with van der Waals surface area (Å²) in [6.07, 6.45) is 3.03. The van der Waals surface area contributed by atoms with Crippen LogP contribution in [-0.2, 0) is 0 Å². The first kappa shape index (κ1) is 19.0. The van der Waals surface area contributed by atoms with Gasteiger partial charge in [0.2, 0.25) is 0 Å². The Kier molecular flexibility index (Phi) is 8.52. The van der Waals surface area contributed by atoms with Crippen molar-refractivity contribution in [2.24, 2.45) is 10.9 Å². The third kappa shape index (κ3) is 5.62. The zero-order valence-corrected chi connectivity index (χ0v) is 16.2. The van der Waals surface area contributed by atoms with Gasteiger partial charge in [0.05, 0.1) is 0 Å². The molecular weight excluding hydrogens is 389 g/mol. The van der Waals surface area contributed by atoms with Crippen LogP contribution in [-0.4, -0.2) is 55.6 Å². The molecule has 1 aliphatic heterocycles. The van der Waals surface area contributed by atoms with E-state index in [1.807, 2.05) is 25.4 Å². The maximum Gasteiger partial charge on any atom is 0.193 e. The van der Waals surface area contributed by atoms with Crippen LogP contribution in [0.4, 0.5) is 5.82 Å². The molecule has 1 N–H and O–H groups in total. The van der Waals surface area contributed by atoms with Gasteiger partial charge in [0.1, 0.15) is 5.82 Å². The number of pyridine rings is 1. The number of nitrogens with one attached hydrogen (secondary N) is 1. The summed E-state index contributed by atoms with van der Waals surface area (Å²) < 4.78 is 0. The lowest BCUT2D eigenvalue weighted by Gasteiger charge is -2.37. The number of halogens is 1. The average molecular weight is 417 g/mol. The zero-order valence-electron chi connectivity index (χ0n) is 13.8. The third-order valence-corrected chi connectivity index (χ3v) is 3.77. The Balaban J connectivity index is 0.00000242. The van der Waals surface area contributed by atoms with Crippen molar-refractivity contribution >= 4 is 35.8 Å². The van der Waals surface area contributed by atoms with Gasteiger partial charge in [-0.3, -0.25) is 4.99 Å². The van der Waals surface area contributed by atoms with Gasteiger partial charge >= 0.3 is 0 Å². The highest BCUT2D eigenvalue weighted by Gasteiger charge is 2.20. The second kappa shape index (κ2) is 9.86. The van der Waals surface area contributed by atoms with Crippen molar-refractivity contribution in [3.63, 3.8) is 0 Å². The van der Waals surface area contributed by atoms with Gasteiger partial charge in [-0.2, -0.15) is 0 Å². The molecule has 0 bridgehead atoms. The summed E-state index contributed by atoms with van der Waals surface area (Å²) in [4.78, 5) is 13.5. The smallest absolute Gasteiger partial charge is 0.193 e. The Labute approximate surface area is 151 Å². The standard InChI is InChI=1S/C16H27N5.HI/c1-14(2)7-9-19-16(17-3)21-12-10-20(11-13-21)15-6-4-5-8-18-15;/h4-6,8,14H,7,9-13H2,1-3H3,(H,17,19);1H. The maximum absolute atomic E-state index is 4.42. The van der Waals surface area contributed by atoms with E-state index in [4.69, 9.17) is 0 Å². The molecule has 0 radical (unpaired) electrons. The van der Waals surface area contributed by atoms with Crippen LogP contribution in [0.1, 0.15) is 20.3 Å². The number of aliphatic imine (C=N–C) groups is 1. The number of guanidine groups is 1. The molecule has 1 aromatic heterocycles. The summed E-state index contributed by atoms with van der Waals surface area (Å²) in [5, 5.41) is 3.47. The molecule has 2 rings (SSSR count). The fourth-order valence-electron chi connectivity index (χ4n) is 2.49. The quantitative estimate of drug-likeness (QED) is 0.465. The number of anilines is 1. The Bertz CT molecular complexity index is 441. The van der Waals surface area contributed by atoms with E-state index in [9.17, 15) is 0 Å². The van der Waals surface area contributed by atoms with Gasteiger partial charge < -0.3 is 15.1 Å². The molecule has 6 heteroatoms. The topological polar surface area (TPSA) is 43.8 Å². The molecule has 124 valence electrons. The van der Waals surface area contributed by atoms with Crippen LogP contribution in [0.3, 0.4) is 0 Å². The molecule has 22 heavy (non-hydrogen) atoms. The Morgan fingerprint density at radius 2 is 2.00 bits per heavy atom. The lowest BCUT2D eigenvalue weighted by Crippen LogP contribution is -2.52. The van der Waals surface area contributed by atoms with Gasteiger partial charge in [0, 0.05) is 46.0 Å². The molecule has 0 spiro atoms. The summed E-state index contributed by atoms with van der Waals surface area (Å²) >= 11 is 0.